The van der Waals surface area contributed by atoms with Crippen molar-refractivity contribution >= 4 is 5.91 Å². The Morgan fingerprint density at radius 1 is 1.57 bits per heavy atom. The Morgan fingerprint density at radius 3 is 2.64 bits per heavy atom. The van der Waals surface area contributed by atoms with E-state index >= 15 is 0 Å². The van der Waals surface area contributed by atoms with Crippen molar-refractivity contribution in [2.24, 2.45) is 17.1 Å². The van der Waals surface area contributed by atoms with E-state index in [1.54, 1.807) is 0 Å². The first-order valence-electron chi connectivity index (χ1n) is 5.71. The number of hydrogen-bond donors (Lipinski definition) is 2. The second kappa shape index (κ2) is 3.54. The molecule has 0 unspecified atom stereocenters. The molecule has 0 aliphatic heterocycles. The SMILES string of the molecule is CC[C@@H](N)C(=O)NCC1(C2CC2)CC1. The van der Waals surface area contributed by atoms with Gasteiger partial charge in [0, 0.05) is 6.54 Å². The Morgan fingerprint density at radius 2 is 2.21 bits per heavy atom. The first kappa shape index (κ1) is 9.97. The lowest BCUT2D eigenvalue weighted by Crippen LogP contribution is -2.42. The van der Waals surface area contributed by atoms with Gasteiger partial charge >= 0.3 is 0 Å². The van der Waals surface area contributed by atoms with Crippen molar-refractivity contribution in [3.05, 3.63) is 0 Å². The van der Waals surface area contributed by atoms with E-state index in [1.165, 1.54) is 25.7 Å². The molecule has 0 aromatic heterocycles. The number of nitrogens with one attached hydrogen (secondary N) is 1. The summed E-state index contributed by atoms with van der Waals surface area (Å²) in [4.78, 5) is 11.5. The Bertz CT molecular complexity index is 231. The van der Waals surface area contributed by atoms with Gasteiger partial charge in [-0.3, -0.25) is 4.79 Å². The van der Waals surface area contributed by atoms with Crippen molar-refractivity contribution in [2.75, 3.05) is 6.54 Å². The lowest BCUT2D eigenvalue weighted by atomic mass is 10.0. The molecule has 14 heavy (non-hydrogen) atoms. The molecule has 3 nitrogen and oxygen atoms in total. The monoisotopic (exact) mass is 196 g/mol. The van der Waals surface area contributed by atoms with Gasteiger partial charge in [-0.2, -0.15) is 0 Å². The van der Waals surface area contributed by atoms with Gasteiger partial charge in [-0.25, -0.2) is 0 Å². The van der Waals surface area contributed by atoms with E-state index in [1.807, 2.05) is 6.92 Å². The number of rotatable bonds is 5. The highest BCUT2D eigenvalue weighted by Crippen LogP contribution is 2.60. The van der Waals surface area contributed by atoms with Crippen LogP contribution in [-0.4, -0.2) is 18.5 Å². The molecular weight excluding hydrogens is 176 g/mol. The largest absolute Gasteiger partial charge is 0.354 e. The summed E-state index contributed by atoms with van der Waals surface area (Å²) < 4.78 is 0. The molecule has 0 saturated heterocycles. The predicted molar refractivity (Wildman–Crippen MR) is 55.7 cm³/mol. The molecule has 1 amide bonds. The molecule has 2 saturated carbocycles. The molecule has 80 valence electrons. The van der Waals surface area contributed by atoms with Crippen LogP contribution in [0.5, 0.6) is 0 Å². The van der Waals surface area contributed by atoms with Crippen LogP contribution < -0.4 is 11.1 Å². The minimum Gasteiger partial charge on any atom is -0.354 e. The van der Waals surface area contributed by atoms with Crippen LogP contribution in [0.25, 0.3) is 0 Å². The summed E-state index contributed by atoms with van der Waals surface area (Å²) in [7, 11) is 0. The fourth-order valence-electron chi connectivity index (χ4n) is 2.17. The fraction of sp³-hybridized carbons (Fsp3) is 0.909. The highest BCUT2D eigenvalue weighted by atomic mass is 16.2. The van der Waals surface area contributed by atoms with Crippen LogP contribution in [0.15, 0.2) is 0 Å². The quantitative estimate of drug-likeness (QED) is 0.690. The van der Waals surface area contributed by atoms with Crippen LogP contribution in [0.3, 0.4) is 0 Å². The van der Waals surface area contributed by atoms with Gasteiger partial charge in [0.2, 0.25) is 5.91 Å². The highest BCUT2D eigenvalue weighted by molar-refractivity contribution is 5.81. The summed E-state index contributed by atoms with van der Waals surface area (Å²) in [6, 6.07) is -0.315. The Labute approximate surface area is 85.4 Å². The zero-order valence-corrected chi connectivity index (χ0v) is 8.88. The third kappa shape index (κ3) is 1.92. The lowest BCUT2D eigenvalue weighted by Gasteiger charge is -2.16. The smallest absolute Gasteiger partial charge is 0.236 e. The van der Waals surface area contributed by atoms with Gasteiger partial charge < -0.3 is 11.1 Å². The number of nitrogens with two attached hydrogens (primary N) is 1. The first-order valence-corrected chi connectivity index (χ1v) is 5.71. The Hall–Kier alpha value is -0.570. The zero-order valence-electron chi connectivity index (χ0n) is 8.88. The number of amides is 1. The van der Waals surface area contributed by atoms with Crippen molar-refractivity contribution in [1.29, 1.82) is 0 Å². The zero-order chi connectivity index (χ0) is 10.2. The van der Waals surface area contributed by atoms with Crippen molar-refractivity contribution < 1.29 is 4.79 Å². The number of hydrogen-bond acceptors (Lipinski definition) is 2. The molecule has 0 aromatic carbocycles. The van der Waals surface area contributed by atoms with E-state index in [0.717, 1.165) is 18.9 Å². The normalized spacial score (nSPS) is 25.6. The van der Waals surface area contributed by atoms with Crippen LogP contribution in [-0.2, 0) is 4.79 Å². The summed E-state index contributed by atoms with van der Waals surface area (Å²) in [5.41, 5.74) is 6.14. The lowest BCUT2D eigenvalue weighted by molar-refractivity contribution is -0.122. The van der Waals surface area contributed by atoms with E-state index in [-0.39, 0.29) is 11.9 Å². The first-order chi connectivity index (χ1) is 6.68. The van der Waals surface area contributed by atoms with E-state index in [2.05, 4.69) is 5.32 Å². The third-order valence-corrected chi connectivity index (χ3v) is 3.73. The van der Waals surface area contributed by atoms with E-state index in [4.69, 9.17) is 5.73 Å². The van der Waals surface area contributed by atoms with Crippen molar-refractivity contribution in [3.8, 4) is 0 Å². The molecule has 0 bridgehead atoms. The van der Waals surface area contributed by atoms with Crippen LogP contribution >= 0.6 is 0 Å². The molecule has 2 aliphatic rings. The van der Waals surface area contributed by atoms with Crippen LogP contribution in [0.4, 0.5) is 0 Å². The fourth-order valence-corrected chi connectivity index (χ4v) is 2.17. The maximum absolute atomic E-state index is 11.5. The van der Waals surface area contributed by atoms with Gasteiger partial charge in [-0.05, 0) is 43.4 Å². The molecular formula is C11H20N2O. The topological polar surface area (TPSA) is 55.1 Å². The van der Waals surface area contributed by atoms with Crippen LogP contribution in [0, 0.1) is 11.3 Å². The molecule has 0 heterocycles. The maximum atomic E-state index is 11.5. The van der Waals surface area contributed by atoms with Crippen LogP contribution in [0.1, 0.15) is 39.0 Å². The standard InChI is InChI=1S/C11H20N2O/c1-2-9(12)10(14)13-7-11(5-6-11)8-3-4-8/h8-9H,2-7,12H2,1H3,(H,13,14)/t9-/m1/s1. The van der Waals surface area contributed by atoms with Crippen molar-refractivity contribution in [3.63, 3.8) is 0 Å². The minimum atomic E-state index is -0.315. The molecule has 3 N–H and O–H groups in total. The van der Waals surface area contributed by atoms with Crippen molar-refractivity contribution in [2.45, 2.75) is 45.1 Å². The molecule has 1 atom stereocenters. The average molecular weight is 196 g/mol. The molecule has 0 spiro atoms. The van der Waals surface area contributed by atoms with E-state index in [9.17, 15) is 4.79 Å². The number of carbonyl (C=O) groups is 1. The molecule has 2 fully saturated rings. The number of carbonyl (C=O) groups excluding carboxylic acids is 1. The van der Waals surface area contributed by atoms with E-state index < -0.39 is 0 Å². The summed E-state index contributed by atoms with van der Waals surface area (Å²) >= 11 is 0. The van der Waals surface area contributed by atoms with Crippen molar-refractivity contribution in [1.82, 2.24) is 5.32 Å². The Balaban J connectivity index is 1.74. The maximum Gasteiger partial charge on any atom is 0.236 e. The predicted octanol–water partition coefficient (Wildman–Crippen LogP) is 1.03. The summed E-state index contributed by atoms with van der Waals surface area (Å²) in [6.07, 6.45) is 6.08. The average Bonchev–Trinajstić information content (AvgIpc) is 3.03. The second-order valence-electron chi connectivity index (χ2n) is 4.87. The molecule has 0 radical (unpaired) electrons. The van der Waals surface area contributed by atoms with Crippen LogP contribution in [0.2, 0.25) is 0 Å². The van der Waals surface area contributed by atoms with Gasteiger partial charge in [0.15, 0.2) is 0 Å². The highest BCUT2D eigenvalue weighted by Gasteiger charge is 2.53. The van der Waals surface area contributed by atoms with E-state index in [0.29, 0.717) is 5.41 Å². The van der Waals surface area contributed by atoms with Gasteiger partial charge in [0.05, 0.1) is 6.04 Å². The third-order valence-electron chi connectivity index (χ3n) is 3.73. The minimum absolute atomic E-state index is 0.0272. The molecule has 2 aliphatic carbocycles. The second-order valence-corrected chi connectivity index (χ2v) is 4.87. The summed E-state index contributed by atoms with van der Waals surface area (Å²) in [6.45, 7) is 2.81. The summed E-state index contributed by atoms with van der Waals surface area (Å²) in [5.74, 6) is 0.931. The van der Waals surface area contributed by atoms with Gasteiger partial charge in [-0.1, -0.05) is 6.92 Å². The van der Waals surface area contributed by atoms with Gasteiger partial charge in [-0.15, -0.1) is 0 Å². The molecule has 2 rings (SSSR count). The van der Waals surface area contributed by atoms with Gasteiger partial charge in [0.25, 0.3) is 0 Å². The summed E-state index contributed by atoms with van der Waals surface area (Å²) in [5, 5.41) is 2.99. The van der Waals surface area contributed by atoms with Gasteiger partial charge in [0.1, 0.15) is 0 Å². The molecule has 3 heteroatoms. The Kier molecular flexibility index (Phi) is 2.52. The molecule has 0 aromatic rings.